The molecule has 0 bridgehead atoms. The van der Waals surface area contributed by atoms with Crippen LogP contribution in [-0.4, -0.2) is 11.2 Å². The predicted molar refractivity (Wildman–Crippen MR) is 49.5 cm³/mol. The van der Waals surface area contributed by atoms with Crippen LogP contribution in [0.2, 0.25) is 0 Å². The lowest BCUT2D eigenvalue weighted by molar-refractivity contribution is 0.127. The summed E-state index contributed by atoms with van der Waals surface area (Å²) in [5, 5.41) is 9.19. The standard InChI is InChI=1S/C10H22O/c1-8(2)6-5-7-9(3)10(4)11/h8-11H,5-7H2,1-4H3/t9-,10-/m0/s1. The highest BCUT2D eigenvalue weighted by molar-refractivity contribution is 4.59. The van der Waals surface area contributed by atoms with Gasteiger partial charge in [0.2, 0.25) is 0 Å². The summed E-state index contributed by atoms with van der Waals surface area (Å²) in [6.07, 6.45) is 3.57. The van der Waals surface area contributed by atoms with Crippen molar-refractivity contribution in [1.29, 1.82) is 0 Å². The highest BCUT2D eigenvalue weighted by Gasteiger charge is 2.07. The summed E-state index contributed by atoms with van der Waals surface area (Å²) in [6.45, 7) is 8.48. The summed E-state index contributed by atoms with van der Waals surface area (Å²) in [4.78, 5) is 0. The summed E-state index contributed by atoms with van der Waals surface area (Å²) < 4.78 is 0. The van der Waals surface area contributed by atoms with Gasteiger partial charge < -0.3 is 5.11 Å². The molecule has 68 valence electrons. The molecule has 0 rings (SSSR count). The fourth-order valence-electron chi connectivity index (χ4n) is 1.09. The molecule has 0 amide bonds. The second-order valence-electron chi connectivity index (χ2n) is 4.04. The van der Waals surface area contributed by atoms with E-state index in [9.17, 15) is 5.11 Å². The zero-order valence-corrected chi connectivity index (χ0v) is 8.30. The summed E-state index contributed by atoms with van der Waals surface area (Å²) in [5.74, 6) is 1.27. The van der Waals surface area contributed by atoms with Crippen LogP contribution in [-0.2, 0) is 0 Å². The van der Waals surface area contributed by atoms with E-state index in [1.807, 2.05) is 6.92 Å². The number of hydrogen-bond donors (Lipinski definition) is 1. The van der Waals surface area contributed by atoms with Gasteiger partial charge in [0.15, 0.2) is 0 Å². The maximum Gasteiger partial charge on any atom is 0.0537 e. The van der Waals surface area contributed by atoms with E-state index in [-0.39, 0.29) is 6.10 Å². The van der Waals surface area contributed by atoms with Gasteiger partial charge in [-0.2, -0.15) is 0 Å². The first-order chi connectivity index (χ1) is 5.04. The molecule has 0 saturated heterocycles. The van der Waals surface area contributed by atoms with Crippen LogP contribution in [0.25, 0.3) is 0 Å². The molecule has 0 aliphatic rings. The van der Waals surface area contributed by atoms with Crippen molar-refractivity contribution in [2.75, 3.05) is 0 Å². The Morgan fingerprint density at radius 1 is 1.00 bits per heavy atom. The first-order valence-electron chi connectivity index (χ1n) is 4.72. The lowest BCUT2D eigenvalue weighted by atomic mass is 9.96. The van der Waals surface area contributed by atoms with Gasteiger partial charge in [-0.3, -0.25) is 0 Å². The highest BCUT2D eigenvalue weighted by Crippen LogP contribution is 2.14. The smallest absolute Gasteiger partial charge is 0.0537 e. The molecule has 1 nitrogen and oxygen atoms in total. The molecule has 11 heavy (non-hydrogen) atoms. The summed E-state index contributed by atoms with van der Waals surface area (Å²) >= 11 is 0. The van der Waals surface area contributed by atoms with Gasteiger partial charge in [-0.05, 0) is 25.2 Å². The van der Waals surface area contributed by atoms with Crippen molar-refractivity contribution in [1.82, 2.24) is 0 Å². The molecule has 0 aromatic heterocycles. The summed E-state index contributed by atoms with van der Waals surface area (Å²) in [5.41, 5.74) is 0. The molecular formula is C10H22O. The van der Waals surface area contributed by atoms with Crippen LogP contribution in [0.15, 0.2) is 0 Å². The van der Waals surface area contributed by atoms with Crippen LogP contribution < -0.4 is 0 Å². The third kappa shape index (κ3) is 6.36. The zero-order chi connectivity index (χ0) is 8.85. The van der Waals surface area contributed by atoms with Crippen LogP contribution in [0.4, 0.5) is 0 Å². The molecule has 0 heterocycles. The molecule has 1 N–H and O–H groups in total. The van der Waals surface area contributed by atoms with Crippen molar-refractivity contribution in [3.63, 3.8) is 0 Å². The van der Waals surface area contributed by atoms with Crippen molar-refractivity contribution in [3.8, 4) is 0 Å². The Bertz CT molecular complexity index is 86.9. The lowest BCUT2D eigenvalue weighted by Crippen LogP contribution is -2.12. The highest BCUT2D eigenvalue weighted by atomic mass is 16.3. The van der Waals surface area contributed by atoms with Crippen LogP contribution in [0, 0.1) is 11.8 Å². The minimum absolute atomic E-state index is 0.137. The Labute approximate surface area is 70.8 Å². The third-order valence-electron chi connectivity index (χ3n) is 2.26. The van der Waals surface area contributed by atoms with E-state index in [1.165, 1.54) is 12.8 Å². The third-order valence-corrected chi connectivity index (χ3v) is 2.26. The van der Waals surface area contributed by atoms with Crippen molar-refractivity contribution in [2.45, 2.75) is 53.1 Å². The van der Waals surface area contributed by atoms with E-state index < -0.39 is 0 Å². The Morgan fingerprint density at radius 2 is 1.55 bits per heavy atom. The lowest BCUT2D eigenvalue weighted by Gasteiger charge is -2.14. The average molecular weight is 158 g/mol. The fraction of sp³-hybridized carbons (Fsp3) is 1.00. The minimum atomic E-state index is -0.137. The largest absolute Gasteiger partial charge is 0.393 e. The maximum absolute atomic E-state index is 9.19. The Kier molecular flexibility index (Phi) is 5.57. The van der Waals surface area contributed by atoms with Crippen LogP contribution in [0.5, 0.6) is 0 Å². The Morgan fingerprint density at radius 3 is 1.91 bits per heavy atom. The van der Waals surface area contributed by atoms with Gasteiger partial charge in [0.1, 0.15) is 0 Å². The fourth-order valence-corrected chi connectivity index (χ4v) is 1.09. The SMILES string of the molecule is CC(C)CCC[C@H](C)[C@H](C)O. The topological polar surface area (TPSA) is 20.2 Å². The molecule has 0 spiro atoms. The van der Waals surface area contributed by atoms with Gasteiger partial charge in [0.25, 0.3) is 0 Å². The van der Waals surface area contributed by atoms with Crippen molar-refractivity contribution in [3.05, 3.63) is 0 Å². The van der Waals surface area contributed by atoms with Crippen LogP contribution >= 0.6 is 0 Å². The monoisotopic (exact) mass is 158 g/mol. The minimum Gasteiger partial charge on any atom is -0.393 e. The molecule has 0 aromatic rings. The van der Waals surface area contributed by atoms with Gasteiger partial charge in [-0.1, -0.05) is 33.6 Å². The Balaban J connectivity index is 3.24. The first kappa shape index (κ1) is 11.0. The Hall–Kier alpha value is -0.0400. The normalized spacial score (nSPS) is 16.9. The van der Waals surface area contributed by atoms with Gasteiger partial charge in [0.05, 0.1) is 6.10 Å². The quantitative estimate of drug-likeness (QED) is 0.652. The molecule has 0 radical (unpaired) electrons. The summed E-state index contributed by atoms with van der Waals surface area (Å²) in [7, 11) is 0. The van der Waals surface area contributed by atoms with Gasteiger partial charge in [-0.25, -0.2) is 0 Å². The zero-order valence-electron chi connectivity index (χ0n) is 8.30. The molecule has 0 unspecified atom stereocenters. The molecular weight excluding hydrogens is 136 g/mol. The van der Waals surface area contributed by atoms with Crippen molar-refractivity contribution in [2.24, 2.45) is 11.8 Å². The molecule has 1 heteroatoms. The van der Waals surface area contributed by atoms with Crippen LogP contribution in [0.3, 0.4) is 0 Å². The van der Waals surface area contributed by atoms with Crippen LogP contribution in [0.1, 0.15) is 47.0 Å². The maximum atomic E-state index is 9.19. The molecule has 0 aliphatic heterocycles. The average Bonchev–Trinajstić information content (AvgIpc) is 1.86. The van der Waals surface area contributed by atoms with E-state index in [0.717, 1.165) is 12.3 Å². The van der Waals surface area contributed by atoms with Gasteiger partial charge >= 0.3 is 0 Å². The molecule has 0 aliphatic carbocycles. The number of aliphatic hydroxyl groups is 1. The predicted octanol–water partition coefficient (Wildman–Crippen LogP) is 2.83. The van der Waals surface area contributed by atoms with Gasteiger partial charge in [-0.15, -0.1) is 0 Å². The molecule has 0 fully saturated rings. The molecule has 2 atom stereocenters. The number of aliphatic hydroxyl groups excluding tert-OH is 1. The number of rotatable bonds is 5. The molecule has 0 aromatic carbocycles. The van der Waals surface area contributed by atoms with E-state index in [0.29, 0.717) is 5.92 Å². The van der Waals surface area contributed by atoms with Crippen molar-refractivity contribution < 1.29 is 5.11 Å². The second-order valence-corrected chi connectivity index (χ2v) is 4.04. The van der Waals surface area contributed by atoms with E-state index >= 15 is 0 Å². The second kappa shape index (κ2) is 5.59. The van der Waals surface area contributed by atoms with E-state index in [4.69, 9.17) is 0 Å². The first-order valence-corrected chi connectivity index (χ1v) is 4.72. The van der Waals surface area contributed by atoms with E-state index in [1.54, 1.807) is 0 Å². The van der Waals surface area contributed by atoms with Crippen molar-refractivity contribution >= 4 is 0 Å². The number of hydrogen-bond acceptors (Lipinski definition) is 1. The molecule has 0 saturated carbocycles. The van der Waals surface area contributed by atoms with Gasteiger partial charge in [0, 0.05) is 0 Å². The van der Waals surface area contributed by atoms with E-state index in [2.05, 4.69) is 20.8 Å². The summed E-state index contributed by atoms with van der Waals surface area (Å²) in [6, 6.07) is 0.